The summed E-state index contributed by atoms with van der Waals surface area (Å²) in [6, 6.07) is 8.40. The summed E-state index contributed by atoms with van der Waals surface area (Å²) in [4.78, 5) is 4.78. The molecule has 82 valence electrons. The fourth-order valence-corrected chi connectivity index (χ4v) is 2.66. The minimum Gasteiger partial charge on any atom is -0.387 e. The fourth-order valence-electron chi connectivity index (χ4n) is 2.66. The number of nitrogens with zero attached hydrogens (tertiary/aromatic N) is 1. The van der Waals surface area contributed by atoms with Crippen molar-refractivity contribution in [3.63, 3.8) is 0 Å². The van der Waals surface area contributed by atoms with Crippen molar-refractivity contribution in [2.75, 3.05) is 12.4 Å². The van der Waals surface area contributed by atoms with Crippen LogP contribution in [0, 0.1) is 0 Å². The molecule has 2 nitrogen and oxygen atoms in total. The molecule has 1 aromatic heterocycles. The summed E-state index contributed by atoms with van der Waals surface area (Å²) in [5.74, 6) is 0. The number of rotatable bonds is 1. The van der Waals surface area contributed by atoms with Crippen LogP contribution in [0.25, 0.3) is 10.9 Å². The van der Waals surface area contributed by atoms with E-state index in [-0.39, 0.29) is 0 Å². The van der Waals surface area contributed by atoms with E-state index in [0.717, 1.165) is 11.9 Å². The molecule has 0 saturated heterocycles. The number of para-hydroxylation sites is 1. The summed E-state index contributed by atoms with van der Waals surface area (Å²) >= 11 is 0. The second-order valence-corrected chi connectivity index (χ2v) is 4.39. The van der Waals surface area contributed by atoms with Crippen molar-refractivity contribution in [3.8, 4) is 0 Å². The highest BCUT2D eigenvalue weighted by atomic mass is 14.8. The van der Waals surface area contributed by atoms with Crippen molar-refractivity contribution in [2.24, 2.45) is 0 Å². The second-order valence-electron chi connectivity index (χ2n) is 4.39. The molecule has 0 radical (unpaired) electrons. The summed E-state index contributed by atoms with van der Waals surface area (Å²) in [5.41, 5.74) is 5.15. The van der Waals surface area contributed by atoms with E-state index in [9.17, 15) is 0 Å². The SMILES string of the molecule is CNc1c2c(nc3ccccc13)CCCC2. The van der Waals surface area contributed by atoms with E-state index in [0.29, 0.717) is 0 Å². The van der Waals surface area contributed by atoms with E-state index >= 15 is 0 Å². The van der Waals surface area contributed by atoms with E-state index in [1.165, 1.54) is 41.6 Å². The Labute approximate surface area is 95.7 Å². The van der Waals surface area contributed by atoms with Crippen LogP contribution >= 0.6 is 0 Å². The number of aromatic nitrogens is 1. The van der Waals surface area contributed by atoms with Crippen LogP contribution in [0.4, 0.5) is 5.69 Å². The molecule has 0 aliphatic heterocycles. The molecule has 0 saturated carbocycles. The van der Waals surface area contributed by atoms with E-state index in [4.69, 9.17) is 4.98 Å². The molecule has 1 heterocycles. The lowest BCUT2D eigenvalue weighted by molar-refractivity contribution is 0.672. The molecule has 0 spiro atoms. The van der Waals surface area contributed by atoms with Gasteiger partial charge in [-0.3, -0.25) is 4.98 Å². The first-order chi connectivity index (χ1) is 7.90. The largest absolute Gasteiger partial charge is 0.387 e. The van der Waals surface area contributed by atoms with Gasteiger partial charge in [0.25, 0.3) is 0 Å². The van der Waals surface area contributed by atoms with Gasteiger partial charge in [0.1, 0.15) is 0 Å². The summed E-state index contributed by atoms with van der Waals surface area (Å²) in [6.45, 7) is 0. The van der Waals surface area contributed by atoms with Gasteiger partial charge < -0.3 is 5.32 Å². The standard InChI is InChI=1S/C14H16N2/c1-15-14-10-6-2-4-8-12(10)16-13-9-5-3-7-11(13)14/h2,4,6,8H,3,5,7,9H2,1H3,(H,15,16). The molecule has 1 aliphatic rings. The summed E-state index contributed by atoms with van der Waals surface area (Å²) in [6.07, 6.45) is 4.88. The lowest BCUT2D eigenvalue weighted by atomic mass is 9.93. The zero-order valence-electron chi connectivity index (χ0n) is 9.59. The van der Waals surface area contributed by atoms with Gasteiger partial charge in [0.2, 0.25) is 0 Å². The summed E-state index contributed by atoms with van der Waals surface area (Å²) < 4.78 is 0. The van der Waals surface area contributed by atoms with Gasteiger partial charge in [0.15, 0.2) is 0 Å². The van der Waals surface area contributed by atoms with E-state index < -0.39 is 0 Å². The van der Waals surface area contributed by atoms with Crippen LogP contribution in [-0.4, -0.2) is 12.0 Å². The maximum atomic E-state index is 4.78. The number of hydrogen-bond donors (Lipinski definition) is 1. The lowest BCUT2D eigenvalue weighted by Crippen LogP contribution is -2.09. The Balaban J connectivity index is 2.35. The molecule has 0 fully saturated rings. The fraction of sp³-hybridized carbons (Fsp3) is 0.357. The van der Waals surface area contributed by atoms with Gasteiger partial charge in [0.05, 0.1) is 5.52 Å². The van der Waals surface area contributed by atoms with Crippen LogP contribution in [-0.2, 0) is 12.8 Å². The highest BCUT2D eigenvalue weighted by molar-refractivity contribution is 5.93. The van der Waals surface area contributed by atoms with Crippen molar-refractivity contribution in [1.29, 1.82) is 0 Å². The third-order valence-electron chi connectivity index (χ3n) is 3.42. The Hall–Kier alpha value is -1.57. The summed E-state index contributed by atoms with van der Waals surface area (Å²) in [7, 11) is 2.01. The maximum Gasteiger partial charge on any atom is 0.0726 e. The maximum absolute atomic E-state index is 4.78. The first kappa shape index (κ1) is 9.64. The molecule has 2 aromatic rings. The van der Waals surface area contributed by atoms with Crippen LogP contribution < -0.4 is 5.32 Å². The molecule has 0 unspecified atom stereocenters. The number of fused-ring (bicyclic) bond motifs is 2. The van der Waals surface area contributed by atoms with Gasteiger partial charge in [-0.25, -0.2) is 0 Å². The van der Waals surface area contributed by atoms with Crippen LogP contribution in [0.3, 0.4) is 0 Å². The van der Waals surface area contributed by atoms with Gasteiger partial charge in [0, 0.05) is 23.8 Å². The Morgan fingerprint density at radius 3 is 2.81 bits per heavy atom. The minimum absolute atomic E-state index is 1.12. The molecular weight excluding hydrogens is 196 g/mol. The third kappa shape index (κ3) is 1.37. The number of nitrogens with one attached hydrogen (secondary N) is 1. The van der Waals surface area contributed by atoms with Crippen molar-refractivity contribution in [2.45, 2.75) is 25.7 Å². The Morgan fingerprint density at radius 2 is 1.94 bits per heavy atom. The average molecular weight is 212 g/mol. The predicted molar refractivity (Wildman–Crippen MR) is 67.9 cm³/mol. The molecule has 1 N–H and O–H groups in total. The third-order valence-corrected chi connectivity index (χ3v) is 3.42. The van der Waals surface area contributed by atoms with Crippen molar-refractivity contribution < 1.29 is 0 Å². The lowest BCUT2D eigenvalue weighted by Gasteiger charge is -2.20. The quantitative estimate of drug-likeness (QED) is 0.785. The number of pyridine rings is 1. The van der Waals surface area contributed by atoms with Gasteiger partial charge in [-0.15, -0.1) is 0 Å². The first-order valence-corrected chi connectivity index (χ1v) is 5.98. The van der Waals surface area contributed by atoms with Gasteiger partial charge >= 0.3 is 0 Å². The number of anilines is 1. The Morgan fingerprint density at radius 1 is 1.12 bits per heavy atom. The van der Waals surface area contributed by atoms with Crippen LogP contribution in [0.1, 0.15) is 24.1 Å². The zero-order chi connectivity index (χ0) is 11.0. The van der Waals surface area contributed by atoms with E-state index in [1.807, 2.05) is 7.05 Å². The molecule has 1 aliphatic carbocycles. The topological polar surface area (TPSA) is 24.9 Å². The normalized spacial score (nSPS) is 14.8. The molecule has 1 aromatic carbocycles. The minimum atomic E-state index is 1.12. The smallest absolute Gasteiger partial charge is 0.0726 e. The molecule has 0 bridgehead atoms. The molecule has 16 heavy (non-hydrogen) atoms. The molecule has 0 amide bonds. The number of aryl methyl sites for hydroxylation is 1. The molecule has 2 heteroatoms. The molecule has 3 rings (SSSR count). The zero-order valence-corrected chi connectivity index (χ0v) is 9.59. The van der Waals surface area contributed by atoms with E-state index in [1.54, 1.807) is 0 Å². The van der Waals surface area contributed by atoms with Crippen molar-refractivity contribution in [1.82, 2.24) is 4.98 Å². The molecular formula is C14H16N2. The second kappa shape index (κ2) is 3.78. The monoisotopic (exact) mass is 212 g/mol. The van der Waals surface area contributed by atoms with Crippen molar-refractivity contribution in [3.05, 3.63) is 35.5 Å². The Bertz CT molecular complexity index is 531. The molecule has 0 atom stereocenters. The Kier molecular flexibility index (Phi) is 2.28. The van der Waals surface area contributed by atoms with E-state index in [2.05, 4.69) is 29.6 Å². The van der Waals surface area contributed by atoms with Crippen molar-refractivity contribution >= 4 is 16.6 Å². The van der Waals surface area contributed by atoms with Gasteiger partial charge in [-0.1, -0.05) is 18.2 Å². The average Bonchev–Trinajstić information content (AvgIpc) is 2.36. The van der Waals surface area contributed by atoms with Gasteiger partial charge in [-0.05, 0) is 37.3 Å². The van der Waals surface area contributed by atoms with Gasteiger partial charge in [-0.2, -0.15) is 0 Å². The van der Waals surface area contributed by atoms with Crippen LogP contribution in [0.2, 0.25) is 0 Å². The number of benzene rings is 1. The highest BCUT2D eigenvalue weighted by Gasteiger charge is 2.16. The number of hydrogen-bond acceptors (Lipinski definition) is 2. The first-order valence-electron chi connectivity index (χ1n) is 5.98. The van der Waals surface area contributed by atoms with Crippen LogP contribution in [0.5, 0.6) is 0 Å². The van der Waals surface area contributed by atoms with Crippen LogP contribution in [0.15, 0.2) is 24.3 Å². The predicted octanol–water partition coefficient (Wildman–Crippen LogP) is 3.16. The highest BCUT2D eigenvalue weighted by Crippen LogP contribution is 2.32. The summed E-state index contributed by atoms with van der Waals surface area (Å²) in [5, 5.41) is 4.61.